The highest BCUT2D eigenvalue weighted by atomic mass is 16.3. The molecule has 174 valence electrons. The van der Waals surface area contributed by atoms with Crippen LogP contribution in [-0.4, -0.2) is 30.6 Å². The second-order valence-electron chi connectivity index (χ2n) is 9.41. The minimum Gasteiger partial charge on any atom is -0.508 e. The molecule has 3 rings (SSSR count). The van der Waals surface area contributed by atoms with Crippen molar-refractivity contribution in [1.29, 1.82) is 0 Å². The number of phenols is 6. The quantitative estimate of drug-likeness (QED) is 0.289. The first-order chi connectivity index (χ1) is 15.3. The van der Waals surface area contributed by atoms with Crippen LogP contribution in [0.2, 0.25) is 0 Å². The molecule has 0 heterocycles. The Labute approximate surface area is 193 Å². The Morgan fingerprint density at radius 3 is 1.61 bits per heavy atom. The number of hydrogen-bond acceptors (Lipinski definition) is 6. The molecule has 0 spiro atoms. The lowest BCUT2D eigenvalue weighted by Crippen LogP contribution is -2.31. The second kappa shape index (κ2) is 8.62. The molecule has 0 aliphatic heterocycles. The highest BCUT2D eigenvalue weighted by molar-refractivity contribution is 5.71. The lowest BCUT2D eigenvalue weighted by Gasteiger charge is -2.37. The van der Waals surface area contributed by atoms with E-state index in [2.05, 4.69) is 0 Å². The Hall–Kier alpha value is -3.80. The summed E-state index contributed by atoms with van der Waals surface area (Å²) in [5.74, 6) is -0.338. The minimum atomic E-state index is -0.806. The maximum Gasteiger partial charge on any atom is 0.126 e. The van der Waals surface area contributed by atoms with Crippen molar-refractivity contribution in [2.24, 2.45) is 0 Å². The van der Waals surface area contributed by atoms with Crippen molar-refractivity contribution in [3.8, 4) is 34.5 Å². The average Bonchev–Trinajstić information content (AvgIpc) is 2.66. The molecular weight excluding hydrogens is 420 g/mol. The SMILES string of the molecule is CC(=CC(C)(CC(C)(C)c1ccc(O)cc1O)c1ccc(O)cc1O)c1ccc(O)cc1O. The molecule has 3 aromatic rings. The van der Waals surface area contributed by atoms with Crippen molar-refractivity contribution < 1.29 is 30.6 Å². The molecule has 0 radical (unpaired) electrons. The lowest BCUT2D eigenvalue weighted by atomic mass is 9.66. The standard InChI is InChI=1S/C27H30O6/c1-16(20-8-5-17(28)11-23(20)31)14-27(4,22-10-7-19(30)13-25(22)33)15-26(2,3)21-9-6-18(29)12-24(21)32/h5-14,28-33H,15H2,1-4H3. The number of allylic oxidation sites excluding steroid dienone is 2. The van der Waals surface area contributed by atoms with Crippen LogP contribution in [0.1, 0.15) is 50.8 Å². The van der Waals surface area contributed by atoms with Crippen molar-refractivity contribution in [3.05, 3.63) is 77.4 Å². The molecule has 6 nitrogen and oxygen atoms in total. The van der Waals surface area contributed by atoms with Gasteiger partial charge in [0.15, 0.2) is 0 Å². The van der Waals surface area contributed by atoms with Crippen LogP contribution in [0.5, 0.6) is 34.5 Å². The maximum absolute atomic E-state index is 10.7. The normalized spacial score (nSPS) is 14.1. The summed E-state index contributed by atoms with van der Waals surface area (Å²) >= 11 is 0. The molecule has 0 aliphatic carbocycles. The van der Waals surface area contributed by atoms with Crippen molar-refractivity contribution in [2.75, 3.05) is 0 Å². The van der Waals surface area contributed by atoms with Crippen molar-refractivity contribution >= 4 is 5.57 Å². The zero-order valence-electron chi connectivity index (χ0n) is 19.2. The Balaban J connectivity index is 2.17. The number of phenolic OH excluding ortho intramolecular Hbond substituents is 6. The van der Waals surface area contributed by atoms with E-state index in [4.69, 9.17) is 0 Å². The van der Waals surface area contributed by atoms with Crippen molar-refractivity contribution in [1.82, 2.24) is 0 Å². The number of hydrogen-bond donors (Lipinski definition) is 6. The predicted octanol–water partition coefficient (Wildman–Crippen LogP) is 5.65. The number of aromatic hydroxyl groups is 6. The van der Waals surface area contributed by atoms with Gasteiger partial charge in [0, 0.05) is 34.7 Å². The third kappa shape index (κ3) is 5.00. The summed E-state index contributed by atoms with van der Waals surface area (Å²) in [5.41, 5.74) is 1.02. The van der Waals surface area contributed by atoms with Crippen LogP contribution in [0.3, 0.4) is 0 Å². The Bertz CT molecular complexity index is 1210. The molecule has 33 heavy (non-hydrogen) atoms. The fraction of sp³-hybridized carbons (Fsp3) is 0.259. The van der Waals surface area contributed by atoms with E-state index in [0.717, 1.165) is 0 Å². The zero-order chi connectivity index (χ0) is 24.6. The maximum atomic E-state index is 10.7. The van der Waals surface area contributed by atoms with Crippen LogP contribution in [-0.2, 0) is 10.8 Å². The van der Waals surface area contributed by atoms with E-state index in [1.165, 1.54) is 36.4 Å². The minimum absolute atomic E-state index is 0.0332. The number of benzene rings is 3. The van der Waals surface area contributed by atoms with Crippen LogP contribution in [0, 0.1) is 0 Å². The topological polar surface area (TPSA) is 121 Å². The van der Waals surface area contributed by atoms with Gasteiger partial charge < -0.3 is 30.6 Å². The van der Waals surface area contributed by atoms with E-state index in [1.807, 2.05) is 33.8 Å². The summed E-state index contributed by atoms with van der Waals surface area (Å²) in [7, 11) is 0. The monoisotopic (exact) mass is 450 g/mol. The molecule has 3 aromatic carbocycles. The molecule has 0 aromatic heterocycles. The van der Waals surface area contributed by atoms with Gasteiger partial charge in [-0.15, -0.1) is 0 Å². The summed E-state index contributed by atoms with van der Waals surface area (Å²) in [4.78, 5) is 0. The Morgan fingerprint density at radius 1 is 0.667 bits per heavy atom. The Morgan fingerprint density at radius 2 is 1.12 bits per heavy atom. The smallest absolute Gasteiger partial charge is 0.126 e. The van der Waals surface area contributed by atoms with E-state index in [9.17, 15) is 30.6 Å². The van der Waals surface area contributed by atoms with Gasteiger partial charge >= 0.3 is 0 Å². The molecule has 1 unspecified atom stereocenters. The van der Waals surface area contributed by atoms with Crippen LogP contribution in [0.25, 0.3) is 5.57 Å². The average molecular weight is 451 g/mol. The highest BCUT2D eigenvalue weighted by Gasteiger charge is 2.37. The van der Waals surface area contributed by atoms with Gasteiger partial charge in [0.25, 0.3) is 0 Å². The van der Waals surface area contributed by atoms with Gasteiger partial charge in [0.05, 0.1) is 0 Å². The third-order valence-corrected chi connectivity index (χ3v) is 6.06. The molecule has 0 saturated carbocycles. The lowest BCUT2D eigenvalue weighted by molar-refractivity contribution is 0.350. The van der Waals surface area contributed by atoms with E-state index >= 15 is 0 Å². The first kappa shape index (κ1) is 23.9. The summed E-state index contributed by atoms with van der Waals surface area (Å²) in [6, 6.07) is 13.3. The molecule has 6 heteroatoms. The van der Waals surface area contributed by atoms with E-state index < -0.39 is 10.8 Å². The summed E-state index contributed by atoms with van der Waals surface area (Å²) in [5, 5.41) is 60.7. The molecule has 1 atom stereocenters. The van der Waals surface area contributed by atoms with Crippen LogP contribution in [0.4, 0.5) is 0 Å². The first-order valence-electron chi connectivity index (χ1n) is 10.6. The van der Waals surface area contributed by atoms with Gasteiger partial charge in [-0.25, -0.2) is 0 Å². The van der Waals surface area contributed by atoms with E-state index in [1.54, 1.807) is 18.2 Å². The van der Waals surface area contributed by atoms with E-state index in [0.29, 0.717) is 28.7 Å². The summed E-state index contributed by atoms with van der Waals surface area (Å²) in [6.45, 7) is 7.66. The highest BCUT2D eigenvalue weighted by Crippen LogP contribution is 2.47. The molecule has 6 N–H and O–H groups in total. The Kier molecular flexibility index (Phi) is 6.23. The molecule has 0 saturated heterocycles. The number of rotatable bonds is 6. The van der Waals surface area contributed by atoms with E-state index in [-0.39, 0.29) is 34.5 Å². The van der Waals surface area contributed by atoms with Gasteiger partial charge in [0.2, 0.25) is 0 Å². The fourth-order valence-electron chi connectivity index (χ4n) is 4.74. The summed E-state index contributed by atoms with van der Waals surface area (Å²) < 4.78 is 0. The molecular formula is C27H30O6. The molecule has 0 amide bonds. The van der Waals surface area contributed by atoms with Gasteiger partial charge in [0.1, 0.15) is 34.5 Å². The van der Waals surface area contributed by atoms with Crippen molar-refractivity contribution in [3.63, 3.8) is 0 Å². The van der Waals surface area contributed by atoms with Gasteiger partial charge in [-0.1, -0.05) is 39.0 Å². The van der Waals surface area contributed by atoms with Gasteiger partial charge in [-0.2, -0.15) is 0 Å². The third-order valence-electron chi connectivity index (χ3n) is 6.06. The van der Waals surface area contributed by atoms with Crippen LogP contribution < -0.4 is 0 Å². The van der Waals surface area contributed by atoms with Gasteiger partial charge in [-0.05, 0) is 54.2 Å². The largest absolute Gasteiger partial charge is 0.508 e. The van der Waals surface area contributed by atoms with Crippen molar-refractivity contribution in [2.45, 2.75) is 44.9 Å². The second-order valence-corrected chi connectivity index (χ2v) is 9.41. The van der Waals surface area contributed by atoms with Gasteiger partial charge in [-0.3, -0.25) is 0 Å². The summed E-state index contributed by atoms with van der Waals surface area (Å²) in [6.07, 6.45) is 2.34. The van der Waals surface area contributed by atoms with Crippen LogP contribution >= 0.6 is 0 Å². The molecule has 0 aliphatic rings. The molecule has 0 bridgehead atoms. The predicted molar refractivity (Wildman–Crippen MR) is 128 cm³/mol. The van der Waals surface area contributed by atoms with Crippen LogP contribution in [0.15, 0.2) is 60.7 Å². The fourth-order valence-corrected chi connectivity index (χ4v) is 4.74. The first-order valence-corrected chi connectivity index (χ1v) is 10.6. The zero-order valence-corrected chi connectivity index (χ0v) is 19.2. The molecule has 0 fully saturated rings.